The lowest BCUT2D eigenvalue weighted by molar-refractivity contribution is -0.903. The van der Waals surface area contributed by atoms with E-state index in [0.29, 0.717) is 49.0 Å². The van der Waals surface area contributed by atoms with Crippen molar-refractivity contribution in [3.63, 3.8) is 0 Å². The molecule has 0 bridgehead atoms. The highest BCUT2D eigenvalue weighted by Crippen LogP contribution is 2.50. The molecule has 45 heavy (non-hydrogen) atoms. The second kappa shape index (κ2) is 17.5. The fraction of sp³-hybridized carbons (Fsp3) is 0.781. The number of esters is 1. The van der Waals surface area contributed by atoms with Crippen molar-refractivity contribution < 1.29 is 52.6 Å². The van der Waals surface area contributed by atoms with Gasteiger partial charge in [0, 0.05) is 24.3 Å². The molecule has 1 aromatic rings. The van der Waals surface area contributed by atoms with E-state index in [-0.39, 0.29) is 36.6 Å². The average molecular weight is 660 g/mol. The number of phosphoric ester groups is 1. The van der Waals surface area contributed by atoms with Crippen molar-refractivity contribution in [2.75, 3.05) is 34.0 Å². The zero-order valence-corrected chi connectivity index (χ0v) is 28.1. The van der Waals surface area contributed by atoms with E-state index in [9.17, 15) is 19.6 Å². The molecule has 6 atom stereocenters. The number of para-hydroxylation sites is 1. The number of unbranched alkanes of at least 4 members (excludes halogenated alkanes) is 3. The van der Waals surface area contributed by atoms with Crippen LogP contribution >= 0.6 is 7.82 Å². The van der Waals surface area contributed by atoms with Crippen LogP contribution in [0.1, 0.15) is 89.5 Å². The fourth-order valence-electron chi connectivity index (χ4n) is 6.74. The van der Waals surface area contributed by atoms with Gasteiger partial charge < -0.3 is 44.4 Å². The number of fused-ring (bicyclic) bond motifs is 1. The van der Waals surface area contributed by atoms with Crippen LogP contribution in [-0.4, -0.2) is 88.5 Å². The topological polar surface area (TPSA) is 178 Å². The molecule has 1 aromatic carbocycles. The highest BCUT2D eigenvalue weighted by atomic mass is 31.2. The second-order valence-electron chi connectivity index (χ2n) is 13.5. The van der Waals surface area contributed by atoms with Crippen LogP contribution < -0.4 is 10.5 Å². The third-order valence-corrected chi connectivity index (χ3v) is 9.61. The van der Waals surface area contributed by atoms with E-state index in [0.717, 1.165) is 56.9 Å². The molecule has 2 aliphatic rings. The number of carbonyl (C=O) groups excluding carboxylic acids is 1. The average Bonchev–Trinajstić information content (AvgIpc) is 3.38. The van der Waals surface area contributed by atoms with Crippen LogP contribution in [-0.2, 0) is 29.9 Å². The van der Waals surface area contributed by atoms with Gasteiger partial charge in [0.15, 0.2) is 6.79 Å². The lowest BCUT2D eigenvalue weighted by atomic mass is 9.84. The Hall–Kier alpha value is -1.60. The first-order valence-corrected chi connectivity index (χ1v) is 18.0. The lowest BCUT2D eigenvalue weighted by Crippen LogP contribution is -2.43. The number of nitrogens with two attached hydrogens (primary N) is 1. The number of phosphoric acid groups is 1. The van der Waals surface area contributed by atoms with Crippen LogP contribution in [0, 0.1) is 11.8 Å². The Morgan fingerprint density at radius 1 is 1.16 bits per heavy atom. The summed E-state index contributed by atoms with van der Waals surface area (Å²) in [5, 5.41) is 21.0. The van der Waals surface area contributed by atoms with Gasteiger partial charge in [-0.15, -0.1) is 0 Å². The maximum absolute atomic E-state index is 12.4. The molecule has 1 aliphatic heterocycles. The molecule has 1 saturated heterocycles. The SMILES string of the molecule is CCCCC[C@H](O)CC[C@H]1[C@H](O)C[C@]2(N)O[C@H](CCCCC(=O)OCC[N+](C)(C)Cc3ccccc3OCOP(=O)(O)O)C[C@H]12. The van der Waals surface area contributed by atoms with Gasteiger partial charge in [-0.3, -0.25) is 4.79 Å². The van der Waals surface area contributed by atoms with E-state index in [2.05, 4.69) is 11.4 Å². The second-order valence-corrected chi connectivity index (χ2v) is 14.7. The van der Waals surface area contributed by atoms with E-state index in [1.54, 1.807) is 12.1 Å². The summed E-state index contributed by atoms with van der Waals surface area (Å²) < 4.78 is 33.0. The van der Waals surface area contributed by atoms with Crippen LogP contribution in [0.25, 0.3) is 0 Å². The van der Waals surface area contributed by atoms with Crippen LogP contribution in [0.15, 0.2) is 24.3 Å². The van der Waals surface area contributed by atoms with Crippen LogP contribution in [0.3, 0.4) is 0 Å². The highest BCUT2D eigenvalue weighted by Gasteiger charge is 2.56. The van der Waals surface area contributed by atoms with Crippen LogP contribution in [0.5, 0.6) is 5.75 Å². The van der Waals surface area contributed by atoms with Gasteiger partial charge >= 0.3 is 13.8 Å². The van der Waals surface area contributed by atoms with Crippen molar-refractivity contribution >= 4 is 13.8 Å². The smallest absolute Gasteiger partial charge is 0.466 e. The van der Waals surface area contributed by atoms with Gasteiger partial charge in [-0.1, -0.05) is 44.7 Å². The number of nitrogens with zero attached hydrogens (tertiary/aromatic N) is 1. The Bertz CT molecular complexity index is 1100. The third-order valence-electron chi connectivity index (χ3n) is 9.17. The predicted octanol–water partition coefficient (Wildman–Crippen LogP) is 3.97. The molecule has 0 unspecified atom stereocenters. The van der Waals surface area contributed by atoms with Crippen molar-refractivity contribution in [2.24, 2.45) is 17.6 Å². The predicted molar refractivity (Wildman–Crippen MR) is 169 cm³/mol. The van der Waals surface area contributed by atoms with Gasteiger partial charge in [0.2, 0.25) is 0 Å². The number of aliphatic hydroxyl groups is 2. The molecular formula is C32H56N2O10P+. The molecule has 1 saturated carbocycles. The number of rotatable bonds is 21. The fourth-order valence-corrected chi connectivity index (χ4v) is 6.93. The van der Waals surface area contributed by atoms with Crippen LogP contribution in [0.2, 0.25) is 0 Å². The number of likely N-dealkylation sites (N-methyl/N-ethyl adjacent to an activating group) is 1. The van der Waals surface area contributed by atoms with Crippen molar-refractivity contribution in [3.8, 4) is 5.75 Å². The number of benzene rings is 1. The Balaban J connectivity index is 1.32. The van der Waals surface area contributed by atoms with Gasteiger partial charge in [0.05, 0.1) is 32.4 Å². The maximum Gasteiger partial charge on any atom is 0.472 e. The molecule has 1 heterocycles. The van der Waals surface area contributed by atoms with Crippen molar-refractivity contribution in [2.45, 2.75) is 115 Å². The minimum atomic E-state index is -4.62. The number of ether oxygens (including phenoxy) is 3. The Labute approximate surface area is 268 Å². The van der Waals surface area contributed by atoms with E-state index < -0.39 is 26.4 Å². The highest BCUT2D eigenvalue weighted by molar-refractivity contribution is 7.46. The first-order chi connectivity index (χ1) is 21.2. The summed E-state index contributed by atoms with van der Waals surface area (Å²) in [6.07, 6.45) is 8.55. The third kappa shape index (κ3) is 12.8. The molecule has 2 fully saturated rings. The Morgan fingerprint density at radius 3 is 2.64 bits per heavy atom. The zero-order chi connectivity index (χ0) is 33.1. The van der Waals surface area contributed by atoms with Crippen molar-refractivity contribution in [1.29, 1.82) is 0 Å². The largest absolute Gasteiger partial charge is 0.472 e. The molecule has 0 spiro atoms. The molecule has 6 N–H and O–H groups in total. The summed E-state index contributed by atoms with van der Waals surface area (Å²) in [6, 6.07) is 7.19. The number of quaternary nitrogens is 1. The quantitative estimate of drug-likeness (QED) is 0.0424. The molecule has 258 valence electrons. The molecule has 3 rings (SSSR count). The standard InChI is InChI=1S/C32H55N2O10P/c1-4-5-6-12-25(35)16-17-27-28-20-26(44-32(28,33)21-29(27)36)13-8-10-15-31(37)41-19-18-34(2,3)22-24-11-7-9-14-30(24)42-23-43-45(38,39)40/h7,9,11,14,25-29,35-36H,4-6,8,10,12-13,15-23,33H2,1-3H3,(H-,38,39,40)/p+1/t25-,26+,27+,28+,29+,32-/m0/s1. The van der Waals surface area contributed by atoms with E-state index >= 15 is 0 Å². The van der Waals surface area contributed by atoms with Crippen molar-refractivity contribution in [1.82, 2.24) is 0 Å². The summed E-state index contributed by atoms with van der Waals surface area (Å²) in [6.45, 7) is 2.96. The number of carbonyl (C=O) groups is 1. The molecule has 13 heteroatoms. The molecule has 0 amide bonds. The first-order valence-electron chi connectivity index (χ1n) is 16.4. The van der Waals surface area contributed by atoms with Gasteiger partial charge in [-0.05, 0) is 56.6 Å². The number of hydrogen-bond acceptors (Lipinski definition) is 9. The minimum Gasteiger partial charge on any atom is -0.466 e. The van der Waals surface area contributed by atoms with Crippen LogP contribution in [0.4, 0.5) is 0 Å². The summed E-state index contributed by atoms with van der Waals surface area (Å²) in [5.41, 5.74) is 6.64. The summed E-state index contributed by atoms with van der Waals surface area (Å²) in [4.78, 5) is 30.1. The van der Waals surface area contributed by atoms with Crippen molar-refractivity contribution in [3.05, 3.63) is 29.8 Å². The molecule has 0 aromatic heterocycles. The molecule has 12 nitrogen and oxygen atoms in total. The van der Waals surface area contributed by atoms with Gasteiger partial charge in [0.1, 0.15) is 31.2 Å². The van der Waals surface area contributed by atoms with Gasteiger partial charge in [-0.25, -0.2) is 9.09 Å². The summed E-state index contributed by atoms with van der Waals surface area (Å²) in [5.74, 6) is 0.348. The number of aliphatic hydroxyl groups excluding tert-OH is 2. The van der Waals surface area contributed by atoms with Gasteiger partial charge in [-0.2, -0.15) is 0 Å². The monoisotopic (exact) mass is 659 g/mol. The molecular weight excluding hydrogens is 603 g/mol. The Morgan fingerprint density at radius 2 is 1.91 bits per heavy atom. The minimum absolute atomic E-state index is 0.00815. The zero-order valence-electron chi connectivity index (χ0n) is 27.2. The van der Waals surface area contributed by atoms with Gasteiger partial charge in [0.25, 0.3) is 0 Å². The Kier molecular flexibility index (Phi) is 14.7. The summed E-state index contributed by atoms with van der Waals surface area (Å²) in [7, 11) is -0.629. The van der Waals surface area contributed by atoms with E-state index in [1.807, 2.05) is 26.2 Å². The number of hydrogen-bond donors (Lipinski definition) is 5. The molecule has 1 aliphatic carbocycles. The van der Waals surface area contributed by atoms with E-state index in [1.165, 1.54) is 0 Å². The maximum atomic E-state index is 12.4. The summed E-state index contributed by atoms with van der Waals surface area (Å²) >= 11 is 0. The normalized spacial score (nSPS) is 25.7. The first kappa shape index (κ1) is 37.9. The lowest BCUT2D eigenvalue weighted by Gasteiger charge is -2.30. The molecule has 0 radical (unpaired) electrons. The van der Waals surface area contributed by atoms with E-state index in [4.69, 9.17) is 29.7 Å².